The molecule has 2 amide bonds. The molecule has 0 aliphatic rings. The highest BCUT2D eigenvalue weighted by Gasteiger charge is 2.25. The monoisotopic (exact) mass is 318 g/mol. The Labute approximate surface area is 133 Å². The van der Waals surface area contributed by atoms with Gasteiger partial charge in [-0.15, -0.1) is 0 Å². The third-order valence-corrected chi connectivity index (χ3v) is 4.02. The molecule has 1 unspecified atom stereocenters. The summed E-state index contributed by atoms with van der Waals surface area (Å²) in [4.78, 5) is 23.7. The van der Waals surface area contributed by atoms with Crippen molar-refractivity contribution in [2.24, 2.45) is 0 Å². The molecule has 5 nitrogen and oxygen atoms in total. The van der Waals surface area contributed by atoms with E-state index in [1.54, 1.807) is 30.5 Å². The zero-order valence-corrected chi connectivity index (χ0v) is 13.2. The standard InChI is InChI=1S/C16H18N2O3S/c1-11-5-3-4-6-13(11)18-15(20)14(19)17-10-16(2,21)12-7-8-22-9-12/h3-9,21H,10H2,1-2H3,(H,17,19)(H,18,20). The summed E-state index contributed by atoms with van der Waals surface area (Å²) in [5, 5.41) is 19.0. The van der Waals surface area contributed by atoms with E-state index in [0.717, 1.165) is 5.56 Å². The second-order valence-corrected chi connectivity index (χ2v) is 6.02. The van der Waals surface area contributed by atoms with Crippen molar-refractivity contribution in [3.63, 3.8) is 0 Å². The Morgan fingerprint density at radius 2 is 1.95 bits per heavy atom. The minimum absolute atomic E-state index is 0.0379. The Morgan fingerprint density at radius 3 is 2.59 bits per heavy atom. The minimum atomic E-state index is -1.21. The fourth-order valence-corrected chi connectivity index (χ4v) is 2.68. The van der Waals surface area contributed by atoms with Crippen molar-refractivity contribution < 1.29 is 14.7 Å². The molecule has 0 aliphatic carbocycles. The van der Waals surface area contributed by atoms with Gasteiger partial charge in [0.25, 0.3) is 0 Å². The normalized spacial score (nSPS) is 13.2. The summed E-state index contributed by atoms with van der Waals surface area (Å²) in [6.45, 7) is 3.40. The van der Waals surface area contributed by atoms with Gasteiger partial charge in [-0.05, 0) is 47.9 Å². The molecule has 0 spiro atoms. The molecular weight excluding hydrogens is 300 g/mol. The lowest BCUT2D eigenvalue weighted by atomic mass is 9.99. The van der Waals surface area contributed by atoms with Gasteiger partial charge >= 0.3 is 11.8 Å². The van der Waals surface area contributed by atoms with Gasteiger partial charge in [0, 0.05) is 5.69 Å². The number of hydrogen-bond donors (Lipinski definition) is 3. The molecule has 0 aliphatic heterocycles. The highest BCUT2D eigenvalue weighted by Crippen LogP contribution is 2.22. The Kier molecular flexibility index (Phi) is 4.95. The van der Waals surface area contributed by atoms with Crippen LogP contribution in [0, 0.1) is 6.92 Å². The predicted octanol–water partition coefficient (Wildman–Crippen LogP) is 2.02. The summed E-state index contributed by atoms with van der Waals surface area (Å²) < 4.78 is 0. The molecule has 6 heteroatoms. The van der Waals surface area contributed by atoms with Crippen LogP contribution >= 0.6 is 11.3 Å². The number of nitrogens with one attached hydrogen (secondary N) is 2. The van der Waals surface area contributed by atoms with Gasteiger partial charge in [-0.2, -0.15) is 11.3 Å². The lowest BCUT2D eigenvalue weighted by Crippen LogP contribution is -2.43. The molecule has 0 radical (unpaired) electrons. The summed E-state index contributed by atoms with van der Waals surface area (Å²) in [7, 11) is 0. The summed E-state index contributed by atoms with van der Waals surface area (Å²) in [5.74, 6) is -1.53. The van der Waals surface area contributed by atoms with E-state index in [4.69, 9.17) is 0 Å². The minimum Gasteiger partial charge on any atom is -0.384 e. The van der Waals surface area contributed by atoms with E-state index in [2.05, 4.69) is 10.6 Å². The van der Waals surface area contributed by atoms with Crippen LogP contribution in [0.25, 0.3) is 0 Å². The van der Waals surface area contributed by atoms with Crippen molar-refractivity contribution in [1.29, 1.82) is 0 Å². The van der Waals surface area contributed by atoms with Crippen LogP contribution in [0.15, 0.2) is 41.1 Å². The molecule has 1 atom stereocenters. The van der Waals surface area contributed by atoms with Gasteiger partial charge in [0.05, 0.1) is 6.54 Å². The topological polar surface area (TPSA) is 78.4 Å². The van der Waals surface area contributed by atoms with Gasteiger partial charge in [0.2, 0.25) is 0 Å². The maximum atomic E-state index is 11.9. The maximum absolute atomic E-state index is 11.9. The van der Waals surface area contributed by atoms with Crippen LogP contribution in [0.1, 0.15) is 18.1 Å². The van der Waals surface area contributed by atoms with Crippen LogP contribution in [0.2, 0.25) is 0 Å². The van der Waals surface area contributed by atoms with Crippen LogP contribution < -0.4 is 10.6 Å². The van der Waals surface area contributed by atoms with Crippen LogP contribution in [0.5, 0.6) is 0 Å². The summed E-state index contributed by atoms with van der Waals surface area (Å²) >= 11 is 1.46. The summed E-state index contributed by atoms with van der Waals surface area (Å²) in [5.41, 5.74) is 0.955. The molecule has 2 rings (SSSR count). The quantitative estimate of drug-likeness (QED) is 0.755. The van der Waals surface area contributed by atoms with Gasteiger partial charge in [-0.1, -0.05) is 18.2 Å². The molecule has 2 aromatic rings. The van der Waals surface area contributed by atoms with E-state index in [1.807, 2.05) is 24.4 Å². The summed E-state index contributed by atoms with van der Waals surface area (Å²) in [6, 6.07) is 8.98. The Balaban J connectivity index is 1.92. The molecule has 116 valence electrons. The molecule has 0 bridgehead atoms. The smallest absolute Gasteiger partial charge is 0.313 e. The number of anilines is 1. The average molecular weight is 318 g/mol. The number of carbonyl (C=O) groups is 2. The number of thiophene rings is 1. The Bertz CT molecular complexity index is 666. The van der Waals surface area contributed by atoms with Crippen molar-refractivity contribution in [3.8, 4) is 0 Å². The van der Waals surface area contributed by atoms with Crippen LogP contribution in [-0.2, 0) is 15.2 Å². The van der Waals surface area contributed by atoms with Crippen molar-refractivity contribution >= 4 is 28.8 Å². The van der Waals surface area contributed by atoms with Gasteiger partial charge in [-0.25, -0.2) is 0 Å². The number of carbonyl (C=O) groups excluding carboxylic acids is 2. The number of rotatable bonds is 4. The fourth-order valence-electron chi connectivity index (χ4n) is 1.90. The number of aliphatic hydroxyl groups is 1. The third kappa shape index (κ3) is 3.93. The van der Waals surface area contributed by atoms with E-state index in [1.165, 1.54) is 11.3 Å². The molecule has 0 fully saturated rings. The molecule has 22 heavy (non-hydrogen) atoms. The predicted molar refractivity (Wildman–Crippen MR) is 86.7 cm³/mol. The first-order chi connectivity index (χ1) is 10.4. The number of hydrogen-bond acceptors (Lipinski definition) is 4. The van der Waals surface area contributed by atoms with Crippen molar-refractivity contribution in [3.05, 3.63) is 52.2 Å². The van der Waals surface area contributed by atoms with E-state index in [0.29, 0.717) is 11.3 Å². The molecule has 0 saturated heterocycles. The van der Waals surface area contributed by atoms with Gasteiger partial charge in [-0.3, -0.25) is 9.59 Å². The molecule has 0 saturated carbocycles. The zero-order chi connectivity index (χ0) is 16.2. The maximum Gasteiger partial charge on any atom is 0.313 e. The van der Waals surface area contributed by atoms with E-state index in [9.17, 15) is 14.7 Å². The van der Waals surface area contributed by atoms with Crippen molar-refractivity contribution in [2.45, 2.75) is 19.4 Å². The first-order valence-corrected chi connectivity index (χ1v) is 7.74. The van der Waals surface area contributed by atoms with Gasteiger partial charge in [0.1, 0.15) is 5.60 Å². The molecule has 1 heterocycles. The van der Waals surface area contributed by atoms with E-state index < -0.39 is 17.4 Å². The van der Waals surface area contributed by atoms with Gasteiger partial charge < -0.3 is 15.7 Å². The number of benzene rings is 1. The SMILES string of the molecule is Cc1ccccc1NC(=O)C(=O)NCC(C)(O)c1ccsc1. The summed E-state index contributed by atoms with van der Waals surface area (Å²) in [6.07, 6.45) is 0. The second-order valence-electron chi connectivity index (χ2n) is 5.24. The average Bonchev–Trinajstić information content (AvgIpc) is 3.02. The van der Waals surface area contributed by atoms with Gasteiger partial charge in [0.15, 0.2) is 0 Å². The van der Waals surface area contributed by atoms with E-state index >= 15 is 0 Å². The molecule has 1 aromatic heterocycles. The lowest BCUT2D eigenvalue weighted by molar-refractivity contribution is -0.136. The number of aryl methyl sites for hydroxylation is 1. The van der Waals surface area contributed by atoms with Crippen molar-refractivity contribution in [2.75, 3.05) is 11.9 Å². The molecule has 1 aromatic carbocycles. The molecule has 3 N–H and O–H groups in total. The van der Waals surface area contributed by atoms with Crippen LogP contribution in [-0.4, -0.2) is 23.5 Å². The Hall–Kier alpha value is -2.18. The number of amides is 2. The highest BCUT2D eigenvalue weighted by molar-refractivity contribution is 7.08. The zero-order valence-electron chi connectivity index (χ0n) is 12.4. The number of para-hydroxylation sites is 1. The lowest BCUT2D eigenvalue weighted by Gasteiger charge is -2.22. The van der Waals surface area contributed by atoms with Crippen LogP contribution in [0.4, 0.5) is 5.69 Å². The Morgan fingerprint density at radius 1 is 1.23 bits per heavy atom. The highest BCUT2D eigenvalue weighted by atomic mass is 32.1. The largest absolute Gasteiger partial charge is 0.384 e. The second kappa shape index (κ2) is 6.72. The van der Waals surface area contributed by atoms with Crippen molar-refractivity contribution in [1.82, 2.24) is 5.32 Å². The first kappa shape index (κ1) is 16.2. The fraction of sp³-hybridized carbons (Fsp3) is 0.250. The third-order valence-electron chi connectivity index (χ3n) is 3.34. The van der Waals surface area contributed by atoms with Crippen LogP contribution in [0.3, 0.4) is 0 Å². The first-order valence-electron chi connectivity index (χ1n) is 6.80. The van der Waals surface area contributed by atoms with E-state index in [-0.39, 0.29) is 6.54 Å². The molecular formula is C16H18N2O3S.